The fourth-order valence-corrected chi connectivity index (χ4v) is 7.76. The molecule has 0 spiro atoms. The lowest BCUT2D eigenvalue weighted by Gasteiger charge is -2.42. The van der Waals surface area contributed by atoms with E-state index < -0.39 is 0 Å². The van der Waals surface area contributed by atoms with Crippen LogP contribution in [0.1, 0.15) is 67.3 Å². The summed E-state index contributed by atoms with van der Waals surface area (Å²) < 4.78 is 21.5. The van der Waals surface area contributed by atoms with Crippen LogP contribution in [0.5, 0.6) is 0 Å². The maximum absolute atomic E-state index is 14.1. The normalized spacial score (nSPS) is 29.0. The fourth-order valence-electron chi connectivity index (χ4n) is 7.76. The molecule has 6 rings (SSSR count). The van der Waals surface area contributed by atoms with Crippen molar-refractivity contribution >= 4 is 12.0 Å². The standard InChI is InChI=1S/C29H38FN5O3/c1-18-31-27-17-32(29(37)38-3)10-9-28(27)35(18)25-12-23-7-8-24(13-25)34(23)15-21-14-33(19(2)36)16-26(21)20-5-4-6-22(30)11-20/h4-6,11,21,23-26H,7-10,12-17H2,1-3H3/t21-,23-,24+,25?,26-/m1/s1. The number of carbonyl (C=O) groups is 2. The molecule has 0 N–H and O–H groups in total. The molecule has 2 bridgehead atoms. The van der Waals surface area contributed by atoms with Gasteiger partial charge in [0.25, 0.3) is 0 Å². The molecule has 4 aliphatic rings. The predicted molar refractivity (Wildman–Crippen MR) is 140 cm³/mol. The largest absolute Gasteiger partial charge is 0.453 e. The van der Waals surface area contributed by atoms with E-state index in [4.69, 9.17) is 9.72 Å². The number of halogens is 1. The number of fused-ring (bicyclic) bond motifs is 3. The Bertz CT molecular complexity index is 1220. The van der Waals surface area contributed by atoms with Crippen LogP contribution in [0.4, 0.5) is 9.18 Å². The van der Waals surface area contributed by atoms with Crippen LogP contribution in [0.2, 0.25) is 0 Å². The number of rotatable bonds is 4. The molecule has 0 saturated carbocycles. The summed E-state index contributed by atoms with van der Waals surface area (Å²) in [4.78, 5) is 35.6. The molecule has 1 aromatic heterocycles. The maximum atomic E-state index is 14.1. The van der Waals surface area contributed by atoms with Gasteiger partial charge in [-0.05, 0) is 56.2 Å². The zero-order chi connectivity index (χ0) is 26.6. The van der Waals surface area contributed by atoms with Gasteiger partial charge in [0.05, 0.1) is 19.3 Å². The van der Waals surface area contributed by atoms with E-state index in [1.54, 1.807) is 24.0 Å². The summed E-state index contributed by atoms with van der Waals surface area (Å²) in [7, 11) is 1.43. The molecule has 2 aromatic rings. The highest BCUT2D eigenvalue weighted by Crippen LogP contribution is 2.44. The van der Waals surface area contributed by atoms with Crippen molar-refractivity contribution in [3.63, 3.8) is 0 Å². The summed E-state index contributed by atoms with van der Waals surface area (Å²) in [6, 6.07) is 8.36. The average Bonchev–Trinajstić information content (AvgIpc) is 3.54. The molecule has 2 amide bonds. The first-order valence-electron chi connectivity index (χ1n) is 14.0. The van der Waals surface area contributed by atoms with Gasteiger partial charge >= 0.3 is 6.09 Å². The lowest BCUT2D eigenvalue weighted by Crippen LogP contribution is -2.47. The minimum Gasteiger partial charge on any atom is -0.453 e. The Morgan fingerprint density at radius 2 is 1.87 bits per heavy atom. The number of piperidine rings is 1. The molecule has 204 valence electrons. The minimum atomic E-state index is -0.291. The van der Waals surface area contributed by atoms with E-state index in [2.05, 4.69) is 16.4 Å². The topological polar surface area (TPSA) is 70.9 Å². The Morgan fingerprint density at radius 1 is 1.11 bits per heavy atom. The molecule has 3 fully saturated rings. The Balaban J connectivity index is 1.18. The number of methoxy groups -OCH3 is 1. The summed E-state index contributed by atoms with van der Waals surface area (Å²) in [5.74, 6) is 1.39. The number of imidazole rings is 1. The predicted octanol–water partition coefficient (Wildman–Crippen LogP) is 3.89. The quantitative estimate of drug-likeness (QED) is 0.608. The Hall–Kier alpha value is -2.94. The number of aromatic nitrogens is 2. The Labute approximate surface area is 223 Å². The van der Waals surface area contributed by atoms with Gasteiger partial charge in [-0.1, -0.05) is 12.1 Å². The van der Waals surface area contributed by atoms with Crippen molar-refractivity contribution < 1.29 is 18.7 Å². The van der Waals surface area contributed by atoms with E-state index in [0.29, 0.717) is 43.7 Å². The summed E-state index contributed by atoms with van der Waals surface area (Å²) in [6.45, 7) is 7.25. The third-order valence-corrected chi connectivity index (χ3v) is 9.49. The molecule has 5 atom stereocenters. The second-order valence-electron chi connectivity index (χ2n) is 11.6. The van der Waals surface area contributed by atoms with Crippen LogP contribution < -0.4 is 0 Å². The molecule has 5 heterocycles. The van der Waals surface area contributed by atoms with E-state index in [1.807, 2.05) is 11.0 Å². The maximum Gasteiger partial charge on any atom is 0.409 e. The minimum absolute atomic E-state index is 0.0988. The monoisotopic (exact) mass is 523 g/mol. The molecule has 38 heavy (non-hydrogen) atoms. The molecule has 1 aromatic carbocycles. The van der Waals surface area contributed by atoms with Gasteiger partial charge in [0.1, 0.15) is 11.6 Å². The molecule has 0 aliphatic carbocycles. The molecular formula is C29H38FN5O3. The van der Waals surface area contributed by atoms with E-state index in [-0.39, 0.29) is 23.7 Å². The highest BCUT2D eigenvalue weighted by Gasteiger charge is 2.45. The Kier molecular flexibility index (Phi) is 6.66. The molecular weight excluding hydrogens is 485 g/mol. The first-order chi connectivity index (χ1) is 18.3. The molecule has 0 radical (unpaired) electrons. The summed E-state index contributed by atoms with van der Waals surface area (Å²) in [5.41, 5.74) is 3.28. The summed E-state index contributed by atoms with van der Waals surface area (Å²) in [6.07, 6.45) is 5.09. The van der Waals surface area contributed by atoms with Crippen LogP contribution in [0, 0.1) is 18.7 Å². The van der Waals surface area contributed by atoms with Crippen molar-refractivity contribution in [1.29, 1.82) is 0 Å². The van der Waals surface area contributed by atoms with Crippen molar-refractivity contribution in [3.05, 3.63) is 52.9 Å². The average molecular weight is 524 g/mol. The van der Waals surface area contributed by atoms with Crippen molar-refractivity contribution in [1.82, 2.24) is 24.3 Å². The third-order valence-electron chi connectivity index (χ3n) is 9.49. The SMILES string of the molecule is COC(=O)N1CCc2c(nc(C)n2C2C[C@H]3CC[C@@H](C2)N3C[C@H]2CN(C(C)=O)C[C@@H]2c2cccc(F)c2)C1. The molecule has 9 heteroatoms. The van der Waals surface area contributed by atoms with Crippen molar-refractivity contribution in [3.8, 4) is 0 Å². The Morgan fingerprint density at radius 3 is 2.55 bits per heavy atom. The first kappa shape index (κ1) is 25.3. The van der Waals surface area contributed by atoms with E-state index >= 15 is 0 Å². The first-order valence-corrected chi connectivity index (χ1v) is 14.0. The van der Waals surface area contributed by atoms with Crippen LogP contribution in [-0.4, -0.2) is 81.6 Å². The number of hydrogen-bond donors (Lipinski definition) is 0. The highest BCUT2D eigenvalue weighted by atomic mass is 19.1. The lowest BCUT2D eigenvalue weighted by atomic mass is 9.87. The lowest BCUT2D eigenvalue weighted by molar-refractivity contribution is -0.128. The number of aryl methyl sites for hydroxylation is 1. The van der Waals surface area contributed by atoms with Gasteiger partial charge in [0.2, 0.25) is 5.91 Å². The number of carbonyl (C=O) groups excluding carboxylic acids is 2. The zero-order valence-corrected chi connectivity index (χ0v) is 22.6. The molecule has 4 aliphatic heterocycles. The van der Waals surface area contributed by atoms with Gasteiger partial charge in [-0.15, -0.1) is 0 Å². The number of benzene rings is 1. The van der Waals surface area contributed by atoms with E-state index in [9.17, 15) is 14.0 Å². The van der Waals surface area contributed by atoms with Crippen LogP contribution in [0.3, 0.4) is 0 Å². The summed E-state index contributed by atoms with van der Waals surface area (Å²) >= 11 is 0. The van der Waals surface area contributed by atoms with E-state index in [0.717, 1.165) is 49.4 Å². The second kappa shape index (κ2) is 9.98. The zero-order valence-electron chi connectivity index (χ0n) is 22.6. The number of hydrogen-bond acceptors (Lipinski definition) is 5. The van der Waals surface area contributed by atoms with Gasteiger partial charge in [0.15, 0.2) is 0 Å². The summed E-state index contributed by atoms with van der Waals surface area (Å²) in [5, 5.41) is 0. The van der Waals surface area contributed by atoms with E-state index in [1.165, 1.54) is 31.7 Å². The molecule has 3 saturated heterocycles. The highest BCUT2D eigenvalue weighted by molar-refractivity contribution is 5.73. The number of ether oxygens (including phenoxy) is 1. The van der Waals surface area contributed by atoms with Gasteiger partial charge in [0, 0.05) is 69.3 Å². The number of amides is 2. The third kappa shape index (κ3) is 4.48. The number of likely N-dealkylation sites (tertiary alicyclic amines) is 1. The van der Waals surface area contributed by atoms with Crippen molar-refractivity contribution in [2.75, 3.05) is 33.3 Å². The van der Waals surface area contributed by atoms with Gasteiger partial charge < -0.3 is 19.1 Å². The van der Waals surface area contributed by atoms with Crippen molar-refractivity contribution in [2.24, 2.45) is 5.92 Å². The van der Waals surface area contributed by atoms with Crippen LogP contribution >= 0.6 is 0 Å². The molecule has 1 unspecified atom stereocenters. The van der Waals surface area contributed by atoms with Gasteiger partial charge in [-0.25, -0.2) is 14.2 Å². The van der Waals surface area contributed by atoms with Crippen molar-refractivity contribution in [2.45, 2.75) is 76.5 Å². The number of nitrogens with zero attached hydrogens (tertiary/aromatic N) is 5. The van der Waals surface area contributed by atoms with Gasteiger partial charge in [-0.2, -0.15) is 0 Å². The van der Waals surface area contributed by atoms with Gasteiger partial charge in [-0.3, -0.25) is 9.69 Å². The molecule has 8 nitrogen and oxygen atoms in total. The van der Waals surface area contributed by atoms with Crippen LogP contribution in [0.25, 0.3) is 0 Å². The smallest absolute Gasteiger partial charge is 0.409 e. The van der Waals surface area contributed by atoms with Crippen LogP contribution in [0.15, 0.2) is 24.3 Å². The van der Waals surface area contributed by atoms with Crippen LogP contribution in [-0.2, 0) is 22.5 Å². The fraction of sp³-hybridized carbons (Fsp3) is 0.621. The second-order valence-corrected chi connectivity index (χ2v) is 11.6.